The average Bonchev–Trinajstić information content (AvgIpc) is 2.52. The SMILES string of the molecule is NS(=O)(=O)c1ccc2nc(CCN3CCCCC3)cnc2c1. The Morgan fingerprint density at radius 2 is 1.91 bits per heavy atom. The first kappa shape index (κ1) is 15.3. The minimum absolute atomic E-state index is 0.0652. The molecular weight excluding hydrogens is 300 g/mol. The van der Waals surface area contributed by atoms with Gasteiger partial charge in [0.05, 0.1) is 21.6 Å². The number of hydrogen-bond donors (Lipinski definition) is 1. The smallest absolute Gasteiger partial charge is 0.238 e. The van der Waals surface area contributed by atoms with Crippen molar-refractivity contribution in [3.63, 3.8) is 0 Å². The maximum atomic E-state index is 11.3. The van der Waals surface area contributed by atoms with Crippen molar-refractivity contribution in [3.8, 4) is 0 Å². The van der Waals surface area contributed by atoms with Crippen LogP contribution in [0, 0.1) is 0 Å². The third kappa shape index (κ3) is 3.60. The van der Waals surface area contributed by atoms with Gasteiger partial charge in [-0.15, -0.1) is 0 Å². The Labute approximate surface area is 130 Å². The maximum Gasteiger partial charge on any atom is 0.238 e. The zero-order valence-corrected chi connectivity index (χ0v) is 13.2. The number of sulfonamides is 1. The third-order valence-electron chi connectivity index (χ3n) is 4.02. The zero-order valence-electron chi connectivity index (χ0n) is 12.4. The van der Waals surface area contributed by atoms with E-state index < -0.39 is 10.0 Å². The lowest BCUT2D eigenvalue weighted by Crippen LogP contribution is -2.31. The van der Waals surface area contributed by atoms with Crippen LogP contribution in [0.25, 0.3) is 11.0 Å². The summed E-state index contributed by atoms with van der Waals surface area (Å²) in [5.74, 6) is 0. The van der Waals surface area contributed by atoms with E-state index in [2.05, 4.69) is 14.9 Å². The summed E-state index contributed by atoms with van der Waals surface area (Å²) >= 11 is 0. The molecule has 6 nitrogen and oxygen atoms in total. The first-order valence-corrected chi connectivity index (χ1v) is 9.08. The Bertz CT molecular complexity index is 770. The van der Waals surface area contributed by atoms with E-state index in [9.17, 15) is 8.42 Å². The van der Waals surface area contributed by atoms with Crippen LogP contribution in [0.3, 0.4) is 0 Å². The highest BCUT2D eigenvalue weighted by molar-refractivity contribution is 7.89. The first-order valence-electron chi connectivity index (χ1n) is 7.53. The number of nitrogens with two attached hydrogens (primary N) is 1. The Hall–Kier alpha value is -1.57. The van der Waals surface area contributed by atoms with Gasteiger partial charge in [-0.2, -0.15) is 0 Å². The van der Waals surface area contributed by atoms with E-state index in [1.807, 2.05) is 0 Å². The van der Waals surface area contributed by atoms with Crippen molar-refractivity contribution in [1.29, 1.82) is 0 Å². The Balaban J connectivity index is 1.75. The molecule has 0 atom stereocenters. The van der Waals surface area contributed by atoms with E-state index in [0.717, 1.165) is 18.7 Å². The molecule has 1 saturated heterocycles. The number of aromatic nitrogens is 2. The standard InChI is InChI=1S/C15H20N4O2S/c16-22(20,21)13-4-5-14-15(10-13)17-11-12(18-14)6-9-19-7-2-1-3-8-19/h4-5,10-11H,1-3,6-9H2,(H2,16,20,21). The molecule has 3 rings (SSSR count). The summed E-state index contributed by atoms with van der Waals surface area (Å²) in [4.78, 5) is 11.4. The predicted octanol–water partition coefficient (Wildman–Crippen LogP) is 1.31. The molecule has 1 aliphatic heterocycles. The molecule has 2 aromatic rings. The first-order chi connectivity index (χ1) is 10.5. The van der Waals surface area contributed by atoms with Crippen LogP contribution in [0.1, 0.15) is 25.0 Å². The molecule has 2 N–H and O–H groups in total. The summed E-state index contributed by atoms with van der Waals surface area (Å²) in [5, 5.41) is 5.13. The van der Waals surface area contributed by atoms with Crippen molar-refractivity contribution < 1.29 is 8.42 Å². The third-order valence-corrected chi connectivity index (χ3v) is 4.94. The lowest BCUT2D eigenvalue weighted by Gasteiger charge is -2.26. The number of likely N-dealkylation sites (tertiary alicyclic amines) is 1. The van der Waals surface area contributed by atoms with Gasteiger partial charge in [0.1, 0.15) is 0 Å². The molecule has 2 heterocycles. The van der Waals surface area contributed by atoms with Gasteiger partial charge in [0.2, 0.25) is 10.0 Å². The predicted molar refractivity (Wildman–Crippen MR) is 84.9 cm³/mol. The molecule has 0 saturated carbocycles. The summed E-state index contributed by atoms with van der Waals surface area (Å²) in [6.07, 6.45) is 6.47. The van der Waals surface area contributed by atoms with Crippen LogP contribution in [-0.4, -0.2) is 42.9 Å². The topological polar surface area (TPSA) is 89.2 Å². The fourth-order valence-electron chi connectivity index (χ4n) is 2.78. The molecule has 1 fully saturated rings. The van der Waals surface area contributed by atoms with Gasteiger partial charge < -0.3 is 4.90 Å². The number of piperidine rings is 1. The molecule has 1 aliphatic rings. The Morgan fingerprint density at radius 1 is 1.14 bits per heavy atom. The van der Waals surface area contributed by atoms with Crippen LogP contribution in [0.4, 0.5) is 0 Å². The van der Waals surface area contributed by atoms with Crippen molar-refractivity contribution in [1.82, 2.24) is 14.9 Å². The maximum absolute atomic E-state index is 11.3. The highest BCUT2D eigenvalue weighted by Crippen LogP contribution is 2.16. The minimum atomic E-state index is -3.70. The summed E-state index contributed by atoms with van der Waals surface area (Å²) in [6.45, 7) is 3.33. The van der Waals surface area contributed by atoms with Gasteiger partial charge in [0, 0.05) is 19.2 Å². The molecule has 0 unspecified atom stereocenters. The molecule has 0 amide bonds. The second-order valence-corrected chi connectivity index (χ2v) is 7.27. The highest BCUT2D eigenvalue weighted by Gasteiger charge is 2.12. The van der Waals surface area contributed by atoms with Crippen molar-refractivity contribution in [2.24, 2.45) is 5.14 Å². The molecule has 1 aromatic heterocycles. The van der Waals surface area contributed by atoms with Crippen LogP contribution >= 0.6 is 0 Å². The lowest BCUT2D eigenvalue weighted by molar-refractivity contribution is 0.231. The fourth-order valence-corrected chi connectivity index (χ4v) is 3.32. The summed E-state index contributed by atoms with van der Waals surface area (Å²) in [5.41, 5.74) is 2.18. The van der Waals surface area contributed by atoms with E-state index in [0.29, 0.717) is 11.0 Å². The van der Waals surface area contributed by atoms with Gasteiger partial charge in [0.15, 0.2) is 0 Å². The summed E-state index contributed by atoms with van der Waals surface area (Å²) in [6, 6.07) is 4.60. The van der Waals surface area contributed by atoms with E-state index >= 15 is 0 Å². The van der Waals surface area contributed by atoms with Crippen molar-refractivity contribution in [2.45, 2.75) is 30.6 Å². The number of primary sulfonamides is 1. The van der Waals surface area contributed by atoms with Crippen molar-refractivity contribution >= 4 is 21.1 Å². The number of fused-ring (bicyclic) bond motifs is 1. The molecule has 0 spiro atoms. The molecule has 0 aliphatic carbocycles. The second kappa shape index (κ2) is 6.28. The zero-order chi connectivity index (χ0) is 15.6. The van der Waals surface area contributed by atoms with Crippen LogP contribution in [0.5, 0.6) is 0 Å². The van der Waals surface area contributed by atoms with Crippen LogP contribution < -0.4 is 5.14 Å². The van der Waals surface area contributed by atoms with Crippen LogP contribution in [-0.2, 0) is 16.4 Å². The Kier molecular flexibility index (Phi) is 4.37. The lowest BCUT2D eigenvalue weighted by atomic mass is 10.1. The Morgan fingerprint density at radius 3 is 2.64 bits per heavy atom. The molecular formula is C15H20N4O2S. The van der Waals surface area contributed by atoms with E-state index in [4.69, 9.17) is 5.14 Å². The molecule has 0 radical (unpaired) electrons. The minimum Gasteiger partial charge on any atom is -0.303 e. The second-order valence-electron chi connectivity index (χ2n) is 5.71. The van der Waals surface area contributed by atoms with E-state index in [1.165, 1.54) is 44.5 Å². The number of nitrogens with zero attached hydrogens (tertiary/aromatic N) is 3. The van der Waals surface area contributed by atoms with Gasteiger partial charge in [-0.3, -0.25) is 4.98 Å². The fraction of sp³-hybridized carbons (Fsp3) is 0.467. The summed E-state index contributed by atoms with van der Waals surface area (Å²) in [7, 11) is -3.70. The van der Waals surface area contributed by atoms with Gasteiger partial charge in [-0.25, -0.2) is 18.5 Å². The average molecular weight is 320 g/mol. The molecule has 118 valence electrons. The van der Waals surface area contributed by atoms with Crippen molar-refractivity contribution in [2.75, 3.05) is 19.6 Å². The van der Waals surface area contributed by atoms with Crippen LogP contribution in [0.2, 0.25) is 0 Å². The molecule has 1 aromatic carbocycles. The van der Waals surface area contributed by atoms with Gasteiger partial charge in [0.25, 0.3) is 0 Å². The summed E-state index contributed by atoms with van der Waals surface area (Å²) < 4.78 is 22.7. The quantitative estimate of drug-likeness (QED) is 0.917. The van der Waals surface area contributed by atoms with E-state index in [-0.39, 0.29) is 4.90 Å². The normalized spacial score (nSPS) is 17.0. The number of hydrogen-bond acceptors (Lipinski definition) is 5. The number of benzene rings is 1. The van der Waals surface area contributed by atoms with Gasteiger partial charge in [-0.1, -0.05) is 6.42 Å². The van der Waals surface area contributed by atoms with Crippen molar-refractivity contribution in [3.05, 3.63) is 30.1 Å². The molecule has 22 heavy (non-hydrogen) atoms. The van der Waals surface area contributed by atoms with Gasteiger partial charge in [-0.05, 0) is 44.1 Å². The van der Waals surface area contributed by atoms with Gasteiger partial charge >= 0.3 is 0 Å². The number of rotatable bonds is 4. The largest absolute Gasteiger partial charge is 0.303 e. The highest BCUT2D eigenvalue weighted by atomic mass is 32.2. The van der Waals surface area contributed by atoms with Crippen LogP contribution in [0.15, 0.2) is 29.3 Å². The molecule has 7 heteroatoms. The van der Waals surface area contributed by atoms with E-state index in [1.54, 1.807) is 12.3 Å². The molecule has 0 bridgehead atoms. The monoisotopic (exact) mass is 320 g/mol.